The normalized spacial score (nSPS) is 18.6. The van der Waals surface area contributed by atoms with Gasteiger partial charge in [-0.3, -0.25) is 0 Å². The number of halogens is 1. The van der Waals surface area contributed by atoms with Crippen molar-refractivity contribution in [3.8, 4) is 0 Å². The summed E-state index contributed by atoms with van der Waals surface area (Å²) in [4.78, 5) is 10.1. The molecule has 0 atom stereocenters. The number of carboxylic acid groups (broad SMARTS) is 1. The average molecular weight is 303 g/mol. The zero-order valence-corrected chi connectivity index (χ0v) is 11.5. The summed E-state index contributed by atoms with van der Waals surface area (Å²) in [5.74, 6) is -2.35. The maximum Gasteiger partial charge on any atom is 0.335 e. The van der Waals surface area contributed by atoms with Crippen LogP contribution >= 0.6 is 0 Å². The number of rotatable bonds is 4. The SMILES string of the molecule is CCC1(O)CN(S(=O)(=O)c2cc(C(=O)O)ccc2F)C1. The molecule has 1 aromatic carbocycles. The summed E-state index contributed by atoms with van der Waals surface area (Å²) in [6, 6.07) is 2.59. The van der Waals surface area contributed by atoms with Crippen LogP contribution in [0.1, 0.15) is 23.7 Å². The Morgan fingerprint density at radius 3 is 2.55 bits per heavy atom. The van der Waals surface area contributed by atoms with E-state index < -0.39 is 32.3 Å². The smallest absolute Gasteiger partial charge is 0.335 e. The highest BCUT2D eigenvalue weighted by Gasteiger charge is 2.46. The van der Waals surface area contributed by atoms with Gasteiger partial charge in [-0.1, -0.05) is 6.92 Å². The summed E-state index contributed by atoms with van der Waals surface area (Å²) in [6.07, 6.45) is 0.386. The number of nitrogens with zero attached hydrogens (tertiary/aromatic N) is 1. The second-order valence-electron chi connectivity index (χ2n) is 4.80. The average Bonchev–Trinajstić information content (AvgIpc) is 2.34. The lowest BCUT2D eigenvalue weighted by molar-refractivity contribution is -0.0614. The first-order chi connectivity index (χ1) is 9.19. The monoisotopic (exact) mass is 303 g/mol. The molecule has 0 amide bonds. The Morgan fingerprint density at radius 1 is 1.45 bits per heavy atom. The highest BCUT2D eigenvalue weighted by Crippen LogP contribution is 2.31. The molecule has 0 spiro atoms. The van der Waals surface area contributed by atoms with E-state index in [0.717, 1.165) is 22.5 Å². The van der Waals surface area contributed by atoms with Crippen LogP contribution in [-0.4, -0.2) is 47.6 Å². The molecule has 2 rings (SSSR count). The van der Waals surface area contributed by atoms with E-state index in [9.17, 15) is 22.7 Å². The van der Waals surface area contributed by atoms with Crippen LogP contribution in [0.4, 0.5) is 4.39 Å². The summed E-state index contributed by atoms with van der Waals surface area (Å²) in [5.41, 5.74) is -1.40. The van der Waals surface area contributed by atoms with Crippen LogP contribution in [-0.2, 0) is 10.0 Å². The minimum atomic E-state index is -4.14. The lowest BCUT2D eigenvalue weighted by Gasteiger charge is -2.44. The molecule has 1 aliphatic heterocycles. The molecule has 1 aliphatic rings. The molecule has 1 heterocycles. The minimum Gasteiger partial charge on any atom is -0.478 e. The number of hydrogen-bond donors (Lipinski definition) is 2. The second kappa shape index (κ2) is 4.80. The van der Waals surface area contributed by atoms with Crippen LogP contribution in [0.2, 0.25) is 0 Å². The molecule has 1 aromatic rings. The standard InChI is InChI=1S/C12H14FNO5S/c1-2-12(17)6-14(7-12)20(18,19)10-5-8(11(15)16)3-4-9(10)13/h3-5,17H,2,6-7H2,1H3,(H,15,16). The van der Waals surface area contributed by atoms with Gasteiger partial charge in [0.25, 0.3) is 0 Å². The van der Waals surface area contributed by atoms with E-state index >= 15 is 0 Å². The van der Waals surface area contributed by atoms with Crippen LogP contribution in [0.5, 0.6) is 0 Å². The second-order valence-corrected chi connectivity index (χ2v) is 6.71. The molecule has 8 heteroatoms. The van der Waals surface area contributed by atoms with Gasteiger partial charge in [-0.15, -0.1) is 0 Å². The molecule has 20 heavy (non-hydrogen) atoms. The van der Waals surface area contributed by atoms with E-state index in [2.05, 4.69) is 0 Å². The summed E-state index contributed by atoms with van der Waals surface area (Å²) >= 11 is 0. The predicted octanol–water partition coefficient (Wildman–Crippen LogP) is 0.669. The van der Waals surface area contributed by atoms with E-state index in [1.165, 1.54) is 0 Å². The number of carbonyl (C=O) groups is 1. The van der Waals surface area contributed by atoms with E-state index in [1.54, 1.807) is 6.92 Å². The summed E-state index contributed by atoms with van der Waals surface area (Å²) < 4.78 is 39.0. The molecule has 1 saturated heterocycles. The number of carboxylic acids is 1. The molecule has 2 N–H and O–H groups in total. The maximum atomic E-state index is 13.7. The van der Waals surface area contributed by atoms with Gasteiger partial charge in [0, 0.05) is 13.1 Å². The molecule has 1 fully saturated rings. The van der Waals surface area contributed by atoms with Crippen molar-refractivity contribution in [2.24, 2.45) is 0 Å². The maximum absolute atomic E-state index is 13.7. The zero-order chi connectivity index (χ0) is 15.1. The van der Waals surface area contributed by atoms with Crippen molar-refractivity contribution in [1.82, 2.24) is 4.31 Å². The van der Waals surface area contributed by atoms with Crippen molar-refractivity contribution < 1.29 is 27.8 Å². The molecule has 0 aromatic heterocycles. The van der Waals surface area contributed by atoms with E-state index in [4.69, 9.17) is 5.11 Å². The van der Waals surface area contributed by atoms with Crippen molar-refractivity contribution in [2.75, 3.05) is 13.1 Å². The van der Waals surface area contributed by atoms with Crippen molar-refractivity contribution in [3.63, 3.8) is 0 Å². The summed E-state index contributed by atoms with van der Waals surface area (Å²) in [6.45, 7) is 1.47. The Hall–Kier alpha value is -1.51. The first-order valence-electron chi connectivity index (χ1n) is 5.95. The summed E-state index contributed by atoms with van der Waals surface area (Å²) in [5, 5.41) is 18.6. The third-order valence-electron chi connectivity index (χ3n) is 3.40. The molecule has 0 aliphatic carbocycles. The molecular weight excluding hydrogens is 289 g/mol. The van der Waals surface area contributed by atoms with Crippen molar-refractivity contribution in [1.29, 1.82) is 0 Å². The van der Waals surface area contributed by atoms with Crippen molar-refractivity contribution in [3.05, 3.63) is 29.6 Å². The van der Waals surface area contributed by atoms with Crippen LogP contribution in [0.15, 0.2) is 23.1 Å². The van der Waals surface area contributed by atoms with E-state index in [1.807, 2.05) is 0 Å². The fraction of sp³-hybridized carbons (Fsp3) is 0.417. The first kappa shape index (κ1) is 14.9. The zero-order valence-electron chi connectivity index (χ0n) is 10.7. The van der Waals surface area contributed by atoms with Gasteiger partial charge in [0.05, 0.1) is 11.2 Å². The van der Waals surface area contributed by atoms with Crippen molar-refractivity contribution in [2.45, 2.75) is 23.8 Å². The Balaban J connectivity index is 2.36. The van der Waals surface area contributed by atoms with Gasteiger partial charge in [-0.05, 0) is 24.6 Å². The molecule has 0 unspecified atom stereocenters. The molecule has 6 nitrogen and oxygen atoms in total. The highest BCUT2D eigenvalue weighted by molar-refractivity contribution is 7.89. The topological polar surface area (TPSA) is 94.9 Å². The highest BCUT2D eigenvalue weighted by atomic mass is 32.2. The Labute approximate surface area is 115 Å². The Kier molecular flexibility index (Phi) is 3.57. The van der Waals surface area contributed by atoms with Crippen molar-refractivity contribution >= 4 is 16.0 Å². The summed E-state index contributed by atoms with van der Waals surface area (Å²) in [7, 11) is -4.14. The lowest BCUT2D eigenvalue weighted by atomic mass is 9.94. The predicted molar refractivity (Wildman–Crippen MR) is 67.4 cm³/mol. The van der Waals surface area contributed by atoms with Gasteiger partial charge in [0.2, 0.25) is 10.0 Å². The van der Waals surface area contributed by atoms with Crippen LogP contribution in [0.25, 0.3) is 0 Å². The van der Waals surface area contributed by atoms with Gasteiger partial charge < -0.3 is 10.2 Å². The largest absolute Gasteiger partial charge is 0.478 e. The van der Waals surface area contributed by atoms with Gasteiger partial charge in [-0.25, -0.2) is 17.6 Å². The Bertz CT molecular complexity index is 652. The number of β-amino-alcohol motifs (C(OH)–C–C–N with tert-alkyl or cyclic N) is 1. The number of aromatic carboxylic acids is 1. The number of hydrogen-bond acceptors (Lipinski definition) is 4. The Morgan fingerprint density at radius 2 is 2.05 bits per heavy atom. The van der Waals surface area contributed by atoms with Gasteiger partial charge >= 0.3 is 5.97 Å². The van der Waals surface area contributed by atoms with Gasteiger partial charge in [-0.2, -0.15) is 4.31 Å². The van der Waals surface area contributed by atoms with Gasteiger partial charge in [0.1, 0.15) is 10.7 Å². The molecular formula is C12H14FNO5S. The van der Waals surface area contributed by atoms with Crippen LogP contribution in [0, 0.1) is 5.82 Å². The molecule has 110 valence electrons. The number of sulfonamides is 1. The molecule has 0 radical (unpaired) electrons. The van der Waals surface area contributed by atoms with Crippen LogP contribution < -0.4 is 0 Å². The third kappa shape index (κ3) is 2.41. The first-order valence-corrected chi connectivity index (χ1v) is 7.39. The van der Waals surface area contributed by atoms with E-state index in [0.29, 0.717) is 6.42 Å². The fourth-order valence-corrected chi connectivity index (χ4v) is 3.67. The van der Waals surface area contributed by atoms with E-state index in [-0.39, 0.29) is 18.7 Å². The molecule has 0 bridgehead atoms. The lowest BCUT2D eigenvalue weighted by Crippen LogP contribution is -2.62. The third-order valence-corrected chi connectivity index (χ3v) is 5.20. The number of benzene rings is 1. The quantitative estimate of drug-likeness (QED) is 0.852. The van der Waals surface area contributed by atoms with Gasteiger partial charge in [0.15, 0.2) is 0 Å². The van der Waals surface area contributed by atoms with Crippen LogP contribution in [0.3, 0.4) is 0 Å². The molecule has 0 saturated carbocycles. The fourth-order valence-electron chi connectivity index (χ4n) is 1.98. The number of aliphatic hydroxyl groups is 1. The minimum absolute atomic E-state index is 0.122.